The SMILES string of the molecule is CCCCN1CCc2cc(OC)c(OC)cc2[C@]12CC[C@@H](C=O)C[C@@H]2C1c2cc(OC)c(OC)cc2CCN1CC. The highest BCUT2D eigenvalue weighted by atomic mass is 16.5. The molecule has 7 heteroatoms. The first-order valence-corrected chi connectivity index (χ1v) is 15.4. The highest BCUT2D eigenvalue weighted by molar-refractivity contribution is 5.57. The number of rotatable bonds is 10. The Bertz CT molecular complexity index is 1230. The Hall–Kier alpha value is -2.77. The van der Waals surface area contributed by atoms with E-state index in [1.807, 2.05) is 0 Å². The normalized spacial score (nSPS) is 26.2. The molecule has 1 spiro atoms. The fraction of sp³-hybridized carbons (Fsp3) is 0.618. The topological polar surface area (TPSA) is 60.5 Å². The summed E-state index contributed by atoms with van der Waals surface area (Å²) in [4.78, 5) is 17.8. The number of ether oxygens (including phenoxy) is 4. The van der Waals surface area contributed by atoms with Gasteiger partial charge in [0.15, 0.2) is 23.0 Å². The molecule has 1 unspecified atom stereocenters. The second-order valence-electron chi connectivity index (χ2n) is 11.9. The van der Waals surface area contributed by atoms with Crippen molar-refractivity contribution in [3.05, 3.63) is 46.5 Å². The standard InChI is InChI=1S/C34H48N2O5/c1-7-9-14-36-16-12-25-19-30(39-4)32(41-6)21-27(25)34(36)13-10-23(22-37)17-28(34)33-26-20-31(40-5)29(38-3)18-24(26)11-15-35(33)8-2/h18-23,28,33H,7-17H2,1-6H3/t23-,28-,33?,34+/m1/s1. The molecule has 224 valence electrons. The third-order valence-corrected chi connectivity index (χ3v) is 10.1. The maximum absolute atomic E-state index is 12.4. The molecule has 7 nitrogen and oxygen atoms in total. The van der Waals surface area contributed by atoms with Gasteiger partial charge in [-0.05, 0) is 98.1 Å². The molecular weight excluding hydrogens is 516 g/mol. The molecule has 2 heterocycles. The van der Waals surface area contributed by atoms with Crippen LogP contribution in [0, 0.1) is 11.8 Å². The number of fused-ring (bicyclic) bond motifs is 3. The van der Waals surface area contributed by atoms with Gasteiger partial charge in [-0.3, -0.25) is 9.80 Å². The second-order valence-corrected chi connectivity index (χ2v) is 11.9. The Morgan fingerprint density at radius 3 is 2.15 bits per heavy atom. The van der Waals surface area contributed by atoms with Crippen molar-refractivity contribution in [2.24, 2.45) is 11.8 Å². The van der Waals surface area contributed by atoms with Crippen molar-refractivity contribution in [2.75, 3.05) is 54.6 Å². The number of hydrogen-bond donors (Lipinski definition) is 0. The lowest BCUT2D eigenvalue weighted by Crippen LogP contribution is -2.61. The quantitative estimate of drug-likeness (QED) is 0.338. The molecule has 3 aliphatic rings. The first-order chi connectivity index (χ1) is 20.0. The van der Waals surface area contributed by atoms with Crippen molar-refractivity contribution in [1.29, 1.82) is 0 Å². The van der Waals surface area contributed by atoms with Gasteiger partial charge in [-0.2, -0.15) is 0 Å². The van der Waals surface area contributed by atoms with E-state index in [2.05, 4.69) is 47.9 Å². The summed E-state index contributed by atoms with van der Waals surface area (Å²) in [7, 11) is 6.87. The van der Waals surface area contributed by atoms with Gasteiger partial charge in [-0.1, -0.05) is 20.3 Å². The summed E-state index contributed by atoms with van der Waals surface area (Å²) in [5, 5.41) is 0. The summed E-state index contributed by atoms with van der Waals surface area (Å²) in [5.41, 5.74) is 5.12. The molecule has 2 aromatic carbocycles. The largest absolute Gasteiger partial charge is 0.493 e. The van der Waals surface area contributed by atoms with Gasteiger partial charge in [0.2, 0.25) is 0 Å². The lowest BCUT2D eigenvalue weighted by atomic mass is 9.58. The number of likely N-dealkylation sites (N-methyl/N-ethyl adjacent to an activating group) is 1. The molecule has 1 fully saturated rings. The van der Waals surface area contributed by atoms with Crippen molar-refractivity contribution < 1.29 is 23.7 Å². The van der Waals surface area contributed by atoms with Gasteiger partial charge in [0.05, 0.1) is 34.0 Å². The number of carbonyl (C=O) groups is 1. The second kappa shape index (κ2) is 12.6. The Morgan fingerprint density at radius 2 is 1.51 bits per heavy atom. The van der Waals surface area contributed by atoms with Crippen LogP contribution in [0.3, 0.4) is 0 Å². The molecule has 41 heavy (non-hydrogen) atoms. The smallest absolute Gasteiger partial charge is 0.161 e. The van der Waals surface area contributed by atoms with Crippen molar-refractivity contribution >= 4 is 6.29 Å². The number of carbonyl (C=O) groups excluding carboxylic acids is 1. The molecule has 2 aliphatic heterocycles. The van der Waals surface area contributed by atoms with Gasteiger partial charge in [0.1, 0.15) is 6.29 Å². The van der Waals surface area contributed by atoms with E-state index in [4.69, 9.17) is 18.9 Å². The van der Waals surface area contributed by atoms with Crippen molar-refractivity contribution in [2.45, 2.75) is 70.4 Å². The highest BCUT2D eigenvalue weighted by Gasteiger charge is 2.55. The molecule has 1 aliphatic carbocycles. The first kappa shape index (κ1) is 29.7. The number of methoxy groups -OCH3 is 4. The minimum atomic E-state index is -0.221. The zero-order valence-electron chi connectivity index (χ0n) is 25.8. The summed E-state index contributed by atoms with van der Waals surface area (Å²) >= 11 is 0. The van der Waals surface area contributed by atoms with Crippen LogP contribution in [0.4, 0.5) is 0 Å². The molecule has 0 amide bonds. The average molecular weight is 565 g/mol. The van der Waals surface area contributed by atoms with E-state index >= 15 is 0 Å². The predicted octanol–water partition coefficient (Wildman–Crippen LogP) is 5.81. The van der Waals surface area contributed by atoms with E-state index in [0.29, 0.717) is 0 Å². The first-order valence-electron chi connectivity index (χ1n) is 15.4. The van der Waals surface area contributed by atoms with Gasteiger partial charge < -0.3 is 23.7 Å². The van der Waals surface area contributed by atoms with E-state index in [1.54, 1.807) is 28.4 Å². The molecule has 0 N–H and O–H groups in total. The Morgan fingerprint density at radius 1 is 0.878 bits per heavy atom. The molecule has 0 saturated heterocycles. The van der Waals surface area contributed by atoms with Gasteiger partial charge in [-0.15, -0.1) is 0 Å². The molecule has 0 aromatic heterocycles. The number of hydrogen-bond acceptors (Lipinski definition) is 7. The fourth-order valence-corrected chi connectivity index (χ4v) is 8.14. The summed E-state index contributed by atoms with van der Waals surface area (Å²) < 4.78 is 23.2. The lowest BCUT2D eigenvalue weighted by Gasteiger charge is -2.59. The van der Waals surface area contributed by atoms with E-state index < -0.39 is 0 Å². The van der Waals surface area contributed by atoms with E-state index in [-0.39, 0.29) is 23.4 Å². The minimum absolute atomic E-state index is 0.0494. The zero-order chi connectivity index (χ0) is 29.1. The van der Waals surface area contributed by atoms with Crippen LogP contribution in [0.2, 0.25) is 0 Å². The third kappa shape index (κ3) is 5.10. The average Bonchev–Trinajstić information content (AvgIpc) is 3.02. The van der Waals surface area contributed by atoms with Crippen molar-refractivity contribution in [3.8, 4) is 23.0 Å². The van der Waals surface area contributed by atoms with Crippen LogP contribution in [-0.4, -0.2) is 70.7 Å². The molecule has 4 atom stereocenters. The molecule has 2 aromatic rings. The Balaban J connectivity index is 1.76. The monoisotopic (exact) mass is 564 g/mol. The van der Waals surface area contributed by atoms with Gasteiger partial charge >= 0.3 is 0 Å². The molecule has 1 saturated carbocycles. The van der Waals surface area contributed by atoms with Crippen molar-refractivity contribution in [3.63, 3.8) is 0 Å². The summed E-state index contributed by atoms with van der Waals surface area (Å²) in [6, 6.07) is 9.01. The maximum atomic E-state index is 12.4. The van der Waals surface area contributed by atoms with Crippen LogP contribution in [-0.2, 0) is 23.2 Å². The predicted molar refractivity (Wildman–Crippen MR) is 162 cm³/mol. The van der Waals surface area contributed by atoms with Crippen LogP contribution in [0.15, 0.2) is 24.3 Å². The fourth-order valence-electron chi connectivity index (χ4n) is 8.14. The number of benzene rings is 2. The van der Waals surface area contributed by atoms with E-state index in [9.17, 15) is 4.79 Å². The summed E-state index contributed by atoms with van der Waals surface area (Å²) in [6.07, 6.45) is 8.16. The van der Waals surface area contributed by atoms with Crippen LogP contribution >= 0.6 is 0 Å². The highest BCUT2D eigenvalue weighted by Crippen LogP contribution is 2.58. The van der Waals surface area contributed by atoms with E-state index in [0.717, 1.165) is 94.1 Å². The molecule has 5 rings (SSSR count). The van der Waals surface area contributed by atoms with Crippen LogP contribution in [0.1, 0.15) is 74.2 Å². The molecular formula is C34H48N2O5. The van der Waals surface area contributed by atoms with Gasteiger partial charge in [0.25, 0.3) is 0 Å². The van der Waals surface area contributed by atoms with Crippen LogP contribution in [0.25, 0.3) is 0 Å². The Labute approximate surface area is 246 Å². The van der Waals surface area contributed by atoms with Gasteiger partial charge in [0, 0.05) is 31.0 Å². The molecule has 0 radical (unpaired) electrons. The van der Waals surface area contributed by atoms with Crippen LogP contribution < -0.4 is 18.9 Å². The third-order valence-electron chi connectivity index (χ3n) is 10.1. The van der Waals surface area contributed by atoms with E-state index in [1.165, 1.54) is 28.5 Å². The van der Waals surface area contributed by atoms with Gasteiger partial charge in [-0.25, -0.2) is 0 Å². The number of nitrogens with zero attached hydrogens (tertiary/aromatic N) is 2. The lowest BCUT2D eigenvalue weighted by molar-refractivity contribution is -0.118. The van der Waals surface area contributed by atoms with Crippen LogP contribution in [0.5, 0.6) is 23.0 Å². The Kier molecular flexibility index (Phi) is 9.15. The summed E-state index contributed by atoms with van der Waals surface area (Å²) in [5.74, 6) is 3.37. The summed E-state index contributed by atoms with van der Waals surface area (Å²) in [6.45, 7) is 8.52. The number of unbranched alkanes of at least 4 members (excludes halogenated alkanes) is 1. The molecule has 0 bridgehead atoms. The maximum Gasteiger partial charge on any atom is 0.161 e. The van der Waals surface area contributed by atoms with Crippen molar-refractivity contribution in [1.82, 2.24) is 9.80 Å². The minimum Gasteiger partial charge on any atom is -0.493 e. The number of aldehydes is 1. The zero-order valence-corrected chi connectivity index (χ0v) is 25.8.